The number of fused-ring (bicyclic) bond motifs is 1. The molecule has 7 nitrogen and oxygen atoms in total. The number of aromatic nitrogens is 2. The van der Waals surface area contributed by atoms with Crippen molar-refractivity contribution in [3.63, 3.8) is 0 Å². The summed E-state index contributed by atoms with van der Waals surface area (Å²) in [7, 11) is 0. The smallest absolute Gasteiger partial charge is 0.266 e. The molecule has 37 heavy (non-hydrogen) atoms. The van der Waals surface area contributed by atoms with Gasteiger partial charge in [-0.3, -0.25) is 19.0 Å². The van der Waals surface area contributed by atoms with E-state index in [2.05, 4.69) is 15.6 Å². The fraction of sp³-hybridized carbons (Fsp3) is 0.310. The number of nitrogens with one attached hydrogen (secondary N) is 2. The first kappa shape index (κ1) is 26.3. The van der Waals surface area contributed by atoms with Gasteiger partial charge in [-0.15, -0.1) is 11.3 Å². The number of hydrogen-bond donors (Lipinski definition) is 2. The van der Waals surface area contributed by atoms with Crippen molar-refractivity contribution in [3.8, 4) is 0 Å². The Morgan fingerprint density at radius 2 is 1.70 bits per heavy atom. The van der Waals surface area contributed by atoms with Gasteiger partial charge in [0.2, 0.25) is 5.91 Å². The van der Waals surface area contributed by atoms with E-state index < -0.39 is 6.04 Å². The Bertz CT molecular complexity index is 1550. The average Bonchev–Trinajstić information content (AvgIpc) is 3.22. The molecule has 0 radical (unpaired) electrons. The molecule has 0 spiro atoms. The van der Waals surface area contributed by atoms with Crippen LogP contribution in [0.25, 0.3) is 10.2 Å². The van der Waals surface area contributed by atoms with Gasteiger partial charge in [-0.2, -0.15) is 0 Å². The molecule has 2 aromatic carbocycles. The van der Waals surface area contributed by atoms with Crippen LogP contribution in [0.15, 0.2) is 47.5 Å². The van der Waals surface area contributed by atoms with Gasteiger partial charge in [-0.25, -0.2) is 4.98 Å². The molecule has 2 amide bonds. The molecule has 0 aliphatic rings. The Labute approximate surface area is 220 Å². The van der Waals surface area contributed by atoms with Crippen molar-refractivity contribution in [1.82, 2.24) is 9.55 Å². The molecule has 2 N–H and O–H groups in total. The van der Waals surface area contributed by atoms with E-state index in [0.29, 0.717) is 20.7 Å². The van der Waals surface area contributed by atoms with E-state index in [-0.39, 0.29) is 17.4 Å². The lowest BCUT2D eigenvalue weighted by Gasteiger charge is -2.18. The van der Waals surface area contributed by atoms with E-state index in [1.807, 2.05) is 64.1 Å². The molecular weight excluding hydrogens is 484 g/mol. The van der Waals surface area contributed by atoms with Gasteiger partial charge in [0.15, 0.2) is 0 Å². The monoisotopic (exact) mass is 516 g/mol. The molecular formula is C29H32N4O3S. The maximum Gasteiger partial charge on any atom is 0.266 e. The molecule has 0 fully saturated rings. The Morgan fingerprint density at radius 3 is 2.32 bits per heavy atom. The van der Waals surface area contributed by atoms with Crippen LogP contribution in [0, 0.1) is 20.8 Å². The van der Waals surface area contributed by atoms with Gasteiger partial charge >= 0.3 is 0 Å². The number of hydrogen-bond acceptors (Lipinski definition) is 5. The minimum absolute atomic E-state index is 0.285. The van der Waals surface area contributed by atoms with E-state index in [1.165, 1.54) is 22.2 Å². The zero-order valence-corrected chi connectivity index (χ0v) is 22.9. The lowest BCUT2D eigenvalue weighted by Crippen LogP contribution is -2.32. The quantitative estimate of drug-likeness (QED) is 0.317. The second-order valence-electron chi connectivity index (χ2n) is 9.29. The van der Waals surface area contributed by atoms with Crippen molar-refractivity contribution in [2.24, 2.45) is 0 Å². The maximum atomic E-state index is 13.5. The standard InChI is InChI=1S/C29H32N4O3S/c1-7-20-10-9-11-21(8-2)24(20)32-26(34)19(6)33-15-30-28-23(29(33)36)18(5)25(37-28)27(35)31-22-13-12-16(3)14-17(22)4/h9-15,19H,7-8H2,1-6H3,(H,31,35)(H,32,34). The van der Waals surface area contributed by atoms with Crippen LogP contribution in [0.2, 0.25) is 0 Å². The Hall–Kier alpha value is -3.78. The first-order valence-corrected chi connectivity index (χ1v) is 13.3. The third-order valence-electron chi connectivity index (χ3n) is 6.76. The highest BCUT2D eigenvalue weighted by Gasteiger charge is 2.24. The van der Waals surface area contributed by atoms with Crippen molar-refractivity contribution in [2.75, 3.05) is 10.6 Å². The van der Waals surface area contributed by atoms with Crippen LogP contribution >= 0.6 is 11.3 Å². The van der Waals surface area contributed by atoms with E-state index in [1.54, 1.807) is 13.8 Å². The van der Waals surface area contributed by atoms with Crippen LogP contribution in [0.4, 0.5) is 11.4 Å². The summed E-state index contributed by atoms with van der Waals surface area (Å²) in [5.41, 5.74) is 5.93. The minimum atomic E-state index is -0.786. The first-order valence-electron chi connectivity index (χ1n) is 12.5. The predicted molar refractivity (Wildman–Crippen MR) is 151 cm³/mol. The first-order chi connectivity index (χ1) is 17.7. The molecule has 4 aromatic rings. The highest BCUT2D eigenvalue weighted by atomic mass is 32.1. The molecule has 4 rings (SSSR count). The third kappa shape index (κ3) is 5.06. The van der Waals surface area contributed by atoms with Crippen LogP contribution in [-0.2, 0) is 17.6 Å². The topological polar surface area (TPSA) is 93.1 Å². The fourth-order valence-corrected chi connectivity index (χ4v) is 5.55. The largest absolute Gasteiger partial charge is 0.324 e. The summed E-state index contributed by atoms with van der Waals surface area (Å²) in [6.45, 7) is 11.5. The van der Waals surface area contributed by atoms with Crippen LogP contribution < -0.4 is 16.2 Å². The fourth-order valence-electron chi connectivity index (χ4n) is 4.52. The summed E-state index contributed by atoms with van der Waals surface area (Å²) in [4.78, 5) is 45.2. The van der Waals surface area contributed by atoms with Gasteiger partial charge in [0.1, 0.15) is 10.9 Å². The number of nitrogens with zero attached hydrogens (tertiary/aromatic N) is 2. The zero-order valence-electron chi connectivity index (χ0n) is 22.1. The molecule has 0 saturated carbocycles. The number of carbonyl (C=O) groups excluding carboxylic acids is 2. The van der Waals surface area contributed by atoms with Gasteiger partial charge in [0, 0.05) is 11.4 Å². The van der Waals surface area contributed by atoms with Crippen molar-refractivity contribution in [2.45, 2.75) is 60.4 Å². The number of amides is 2. The number of rotatable bonds is 7. The van der Waals surface area contributed by atoms with Crippen LogP contribution in [-0.4, -0.2) is 21.4 Å². The van der Waals surface area contributed by atoms with Crippen LogP contribution in [0.5, 0.6) is 0 Å². The minimum Gasteiger partial charge on any atom is -0.324 e. The third-order valence-corrected chi connectivity index (χ3v) is 7.95. The highest BCUT2D eigenvalue weighted by Crippen LogP contribution is 2.29. The predicted octanol–water partition coefficient (Wildman–Crippen LogP) is 5.96. The van der Waals surface area contributed by atoms with Crippen molar-refractivity contribution in [1.29, 1.82) is 0 Å². The van der Waals surface area contributed by atoms with E-state index in [4.69, 9.17) is 0 Å². The SMILES string of the molecule is CCc1cccc(CC)c1NC(=O)C(C)n1cnc2sc(C(=O)Nc3ccc(C)cc3C)c(C)c2c1=O. The number of carbonyl (C=O) groups is 2. The van der Waals surface area contributed by atoms with E-state index >= 15 is 0 Å². The number of para-hydroxylation sites is 1. The van der Waals surface area contributed by atoms with Gasteiger partial charge in [0.25, 0.3) is 11.5 Å². The van der Waals surface area contributed by atoms with Gasteiger partial charge < -0.3 is 10.6 Å². The molecule has 0 saturated heterocycles. The molecule has 0 aliphatic heterocycles. The summed E-state index contributed by atoms with van der Waals surface area (Å²) in [5, 5.41) is 6.35. The molecule has 192 valence electrons. The highest BCUT2D eigenvalue weighted by molar-refractivity contribution is 7.20. The number of anilines is 2. The lowest BCUT2D eigenvalue weighted by molar-refractivity contribution is -0.118. The normalized spacial score (nSPS) is 11.9. The summed E-state index contributed by atoms with van der Waals surface area (Å²) in [5.74, 6) is -0.577. The van der Waals surface area contributed by atoms with E-state index in [9.17, 15) is 14.4 Å². The molecule has 1 unspecified atom stereocenters. The number of benzene rings is 2. The molecule has 2 heterocycles. The second kappa shape index (κ2) is 10.7. The summed E-state index contributed by atoms with van der Waals surface area (Å²) in [6.07, 6.45) is 2.96. The summed E-state index contributed by atoms with van der Waals surface area (Å²) >= 11 is 1.18. The molecule has 2 aromatic heterocycles. The average molecular weight is 517 g/mol. The van der Waals surface area contributed by atoms with Gasteiger partial charge in [-0.05, 0) is 68.9 Å². The van der Waals surface area contributed by atoms with Crippen LogP contribution in [0.3, 0.4) is 0 Å². The molecule has 8 heteroatoms. The lowest BCUT2D eigenvalue weighted by atomic mass is 10.0. The van der Waals surface area contributed by atoms with Gasteiger partial charge in [-0.1, -0.05) is 49.7 Å². The van der Waals surface area contributed by atoms with Crippen molar-refractivity contribution >= 4 is 44.7 Å². The van der Waals surface area contributed by atoms with Crippen molar-refractivity contribution in [3.05, 3.63) is 85.8 Å². The van der Waals surface area contributed by atoms with Crippen molar-refractivity contribution < 1.29 is 9.59 Å². The van der Waals surface area contributed by atoms with Crippen LogP contribution in [0.1, 0.15) is 64.3 Å². The molecule has 0 aliphatic carbocycles. The second-order valence-corrected chi connectivity index (χ2v) is 10.3. The Balaban J connectivity index is 1.65. The van der Waals surface area contributed by atoms with Gasteiger partial charge in [0.05, 0.1) is 16.6 Å². The van der Waals surface area contributed by atoms with E-state index in [0.717, 1.165) is 46.5 Å². The number of thiophene rings is 1. The zero-order chi connectivity index (χ0) is 26.9. The number of aryl methyl sites for hydroxylation is 5. The summed E-state index contributed by atoms with van der Waals surface area (Å²) in [6, 6.07) is 11.0. The summed E-state index contributed by atoms with van der Waals surface area (Å²) < 4.78 is 1.34. The molecule has 1 atom stereocenters. The maximum absolute atomic E-state index is 13.5. The molecule has 0 bridgehead atoms. The Morgan fingerprint density at radius 1 is 1.03 bits per heavy atom. The Kier molecular flexibility index (Phi) is 7.59.